The third-order valence-electron chi connectivity index (χ3n) is 3.64. The van der Waals surface area contributed by atoms with Gasteiger partial charge in [-0.1, -0.05) is 0 Å². The van der Waals surface area contributed by atoms with Gasteiger partial charge in [0.2, 0.25) is 0 Å². The molecule has 2 heterocycles. The number of hydrogen-bond donors (Lipinski definition) is 1. The van der Waals surface area contributed by atoms with Crippen molar-refractivity contribution < 1.29 is 28.6 Å². The molecular weight excluding hydrogens is 320 g/mol. The predicted octanol–water partition coefficient (Wildman–Crippen LogP) is 0.0950. The van der Waals surface area contributed by atoms with Crippen LogP contribution in [0.4, 0.5) is 0 Å². The Bertz CT molecular complexity index is 650. The van der Waals surface area contributed by atoms with Crippen LogP contribution in [0.15, 0.2) is 16.9 Å². The number of methoxy groups -OCH3 is 1. The minimum atomic E-state index is -0.825. The van der Waals surface area contributed by atoms with Crippen LogP contribution in [-0.2, 0) is 37.0 Å². The molecule has 2 N–H and O–H groups in total. The summed E-state index contributed by atoms with van der Waals surface area (Å²) in [6.07, 6.45) is 2.39. The minimum Gasteiger partial charge on any atom is -0.465 e. The summed E-state index contributed by atoms with van der Waals surface area (Å²) in [5.74, 6) is 3.21. The number of nitrogens with zero attached hydrogens (tertiary/aromatic N) is 1. The van der Waals surface area contributed by atoms with Crippen LogP contribution in [0, 0.1) is 0 Å². The molecule has 1 fully saturated rings. The molecule has 0 radical (unpaired) electrons. The number of rotatable bonds is 6. The Kier molecular flexibility index (Phi) is 6.47. The van der Waals surface area contributed by atoms with Gasteiger partial charge in [-0.2, -0.15) is 5.90 Å². The lowest BCUT2D eigenvalue weighted by atomic mass is 10.2. The van der Waals surface area contributed by atoms with Gasteiger partial charge in [0.05, 0.1) is 13.7 Å². The molecule has 0 aliphatic carbocycles. The average Bonchev–Trinajstić information content (AvgIpc) is 2.62. The Labute approximate surface area is 138 Å². The summed E-state index contributed by atoms with van der Waals surface area (Å²) < 4.78 is 16.7. The lowest BCUT2D eigenvalue weighted by Crippen LogP contribution is -2.33. The fourth-order valence-electron chi connectivity index (χ4n) is 2.37. The Balaban J connectivity index is 2.24. The first-order valence-electron chi connectivity index (χ1n) is 7.50. The number of ether oxygens (including phenoxy) is 3. The summed E-state index contributed by atoms with van der Waals surface area (Å²) in [4.78, 5) is 39.6. The Hall–Kier alpha value is -2.23. The molecule has 24 heavy (non-hydrogen) atoms. The Morgan fingerprint density at radius 2 is 2.17 bits per heavy atom. The molecule has 1 aliphatic rings. The van der Waals surface area contributed by atoms with Gasteiger partial charge in [-0.25, -0.2) is 9.59 Å². The van der Waals surface area contributed by atoms with Crippen molar-refractivity contribution in [3.05, 3.63) is 33.7 Å². The molecule has 132 valence electrons. The van der Waals surface area contributed by atoms with E-state index < -0.39 is 24.0 Å². The second-order valence-corrected chi connectivity index (χ2v) is 5.22. The molecule has 0 amide bonds. The molecule has 1 aromatic heterocycles. The van der Waals surface area contributed by atoms with Crippen molar-refractivity contribution in [1.82, 2.24) is 4.57 Å². The highest BCUT2D eigenvalue weighted by atomic mass is 16.7. The zero-order valence-corrected chi connectivity index (χ0v) is 13.4. The van der Waals surface area contributed by atoms with Crippen LogP contribution in [0.1, 0.15) is 35.3 Å². The van der Waals surface area contributed by atoms with Gasteiger partial charge in [0, 0.05) is 12.3 Å². The van der Waals surface area contributed by atoms with Gasteiger partial charge in [0.1, 0.15) is 12.1 Å². The molecule has 0 bridgehead atoms. The second-order valence-electron chi connectivity index (χ2n) is 5.22. The molecule has 9 heteroatoms. The minimum absolute atomic E-state index is 0.0409. The summed E-state index contributed by atoms with van der Waals surface area (Å²) in [7, 11) is 1.16. The molecule has 1 aliphatic heterocycles. The highest BCUT2D eigenvalue weighted by Gasteiger charge is 2.20. The van der Waals surface area contributed by atoms with E-state index in [2.05, 4.69) is 9.57 Å². The maximum Gasteiger partial charge on any atom is 0.344 e. The zero-order chi connectivity index (χ0) is 17.5. The number of esters is 1. The monoisotopic (exact) mass is 340 g/mol. The van der Waals surface area contributed by atoms with Crippen LogP contribution in [0.25, 0.3) is 0 Å². The Morgan fingerprint density at radius 1 is 1.38 bits per heavy atom. The van der Waals surface area contributed by atoms with Crippen LogP contribution in [0.3, 0.4) is 0 Å². The topological polar surface area (TPSA) is 119 Å². The van der Waals surface area contributed by atoms with Gasteiger partial charge in [-0.3, -0.25) is 9.36 Å². The van der Waals surface area contributed by atoms with Crippen molar-refractivity contribution in [1.29, 1.82) is 0 Å². The van der Waals surface area contributed by atoms with Crippen molar-refractivity contribution in [3.63, 3.8) is 0 Å². The lowest BCUT2D eigenvalue weighted by Gasteiger charge is -2.23. The van der Waals surface area contributed by atoms with E-state index in [-0.39, 0.29) is 18.5 Å². The molecule has 1 unspecified atom stereocenters. The number of carbonyl (C=O) groups excluding carboxylic acids is 2. The van der Waals surface area contributed by atoms with E-state index in [1.807, 2.05) is 0 Å². The van der Waals surface area contributed by atoms with Crippen LogP contribution >= 0.6 is 0 Å². The van der Waals surface area contributed by atoms with E-state index in [4.69, 9.17) is 15.4 Å². The van der Waals surface area contributed by atoms with E-state index in [1.54, 1.807) is 0 Å². The average molecular weight is 340 g/mol. The summed E-state index contributed by atoms with van der Waals surface area (Å²) in [6.45, 7) is 0.224. The van der Waals surface area contributed by atoms with Crippen molar-refractivity contribution in [3.8, 4) is 0 Å². The number of carbonyl (C=O) groups is 2. The summed E-state index contributed by atoms with van der Waals surface area (Å²) in [6, 6.07) is 2.85. The summed E-state index contributed by atoms with van der Waals surface area (Å²) in [5, 5.41) is 0. The number of nitrogens with two attached hydrogens (primary N) is 1. The number of aromatic nitrogens is 1. The molecule has 9 nitrogen and oxygen atoms in total. The van der Waals surface area contributed by atoms with Crippen molar-refractivity contribution in [2.24, 2.45) is 5.90 Å². The third kappa shape index (κ3) is 4.40. The molecule has 0 saturated carbocycles. The number of pyridine rings is 1. The first kappa shape index (κ1) is 18.1. The van der Waals surface area contributed by atoms with E-state index in [1.165, 1.54) is 12.1 Å². The predicted molar refractivity (Wildman–Crippen MR) is 80.7 cm³/mol. The molecular formula is C15H20N2O7. The standard InChI is InChI=1S/C15H20N2O7/c1-21-15(20)11-6-5-10(9-23-13-4-2-3-7-22-13)17(14(11)19)8-12(18)24-16/h5-6,13H,2-4,7-9,16H2,1H3. The van der Waals surface area contributed by atoms with E-state index >= 15 is 0 Å². The first-order valence-corrected chi connectivity index (χ1v) is 7.50. The largest absolute Gasteiger partial charge is 0.465 e. The van der Waals surface area contributed by atoms with Gasteiger partial charge in [0.15, 0.2) is 6.29 Å². The number of hydrogen-bond acceptors (Lipinski definition) is 8. The molecule has 1 aromatic rings. The van der Waals surface area contributed by atoms with E-state index in [9.17, 15) is 14.4 Å². The molecule has 1 atom stereocenters. The maximum atomic E-state index is 12.4. The zero-order valence-electron chi connectivity index (χ0n) is 13.4. The normalized spacial score (nSPS) is 17.3. The lowest BCUT2D eigenvalue weighted by molar-refractivity contribution is -0.170. The van der Waals surface area contributed by atoms with Crippen molar-refractivity contribution >= 4 is 11.9 Å². The van der Waals surface area contributed by atoms with Gasteiger partial charge >= 0.3 is 11.9 Å². The van der Waals surface area contributed by atoms with Crippen LogP contribution in [-0.4, -0.2) is 36.5 Å². The maximum absolute atomic E-state index is 12.4. The van der Waals surface area contributed by atoms with Crippen LogP contribution in [0.2, 0.25) is 0 Å². The van der Waals surface area contributed by atoms with Gasteiger partial charge in [0.25, 0.3) is 5.56 Å². The smallest absolute Gasteiger partial charge is 0.344 e. The fourth-order valence-corrected chi connectivity index (χ4v) is 2.37. The van der Waals surface area contributed by atoms with Gasteiger partial charge in [-0.15, -0.1) is 0 Å². The summed E-state index contributed by atoms with van der Waals surface area (Å²) >= 11 is 0. The van der Waals surface area contributed by atoms with Crippen molar-refractivity contribution in [2.45, 2.75) is 38.7 Å². The van der Waals surface area contributed by atoms with Gasteiger partial charge < -0.3 is 19.0 Å². The molecule has 0 spiro atoms. The van der Waals surface area contributed by atoms with E-state index in [0.717, 1.165) is 30.9 Å². The fraction of sp³-hybridized carbons (Fsp3) is 0.533. The highest BCUT2D eigenvalue weighted by Crippen LogP contribution is 2.15. The van der Waals surface area contributed by atoms with Crippen molar-refractivity contribution in [2.75, 3.05) is 13.7 Å². The van der Waals surface area contributed by atoms with E-state index in [0.29, 0.717) is 12.3 Å². The Morgan fingerprint density at radius 3 is 2.79 bits per heavy atom. The van der Waals surface area contributed by atoms with Crippen LogP contribution < -0.4 is 11.5 Å². The first-order chi connectivity index (χ1) is 11.6. The molecule has 1 saturated heterocycles. The quantitative estimate of drug-likeness (QED) is 0.572. The SMILES string of the molecule is COC(=O)c1ccc(COC2CCCCO2)n(CC(=O)ON)c1=O. The second kappa shape index (κ2) is 8.57. The highest BCUT2D eigenvalue weighted by molar-refractivity contribution is 5.88. The molecule has 0 aromatic carbocycles. The molecule has 2 rings (SSSR count). The van der Waals surface area contributed by atoms with Gasteiger partial charge in [-0.05, 0) is 31.4 Å². The van der Waals surface area contributed by atoms with Crippen LogP contribution in [0.5, 0.6) is 0 Å². The summed E-state index contributed by atoms with van der Waals surface area (Å²) in [5.41, 5.74) is -0.481. The third-order valence-corrected chi connectivity index (χ3v) is 3.64.